The molecular weight excluding hydrogens is 366 g/mol. The van der Waals surface area contributed by atoms with Gasteiger partial charge in [-0.3, -0.25) is 9.59 Å². The van der Waals surface area contributed by atoms with Crippen LogP contribution < -0.4 is 5.32 Å². The number of carbonyl (C=O) groups excluding carboxylic acids is 2. The highest BCUT2D eigenvalue weighted by Gasteiger charge is 2.61. The number of rotatable bonds is 2. The van der Waals surface area contributed by atoms with Crippen molar-refractivity contribution in [2.24, 2.45) is 5.92 Å². The lowest BCUT2D eigenvalue weighted by atomic mass is 9.68. The van der Waals surface area contributed by atoms with Crippen LogP contribution in [0.15, 0.2) is 53.0 Å². The number of amides is 1. The second kappa shape index (κ2) is 5.55. The lowest BCUT2D eigenvalue weighted by Gasteiger charge is -2.32. The molecular formula is C20H18BrNO2. The Bertz CT molecular complexity index is 833. The van der Waals surface area contributed by atoms with Gasteiger partial charge >= 0.3 is 0 Å². The van der Waals surface area contributed by atoms with E-state index in [1.54, 1.807) is 0 Å². The number of halogens is 1. The van der Waals surface area contributed by atoms with Crippen molar-refractivity contribution in [2.45, 2.75) is 31.1 Å². The Hall–Kier alpha value is -1.94. The van der Waals surface area contributed by atoms with Crippen LogP contribution in [-0.4, -0.2) is 11.7 Å². The third-order valence-corrected chi connectivity index (χ3v) is 6.01. The van der Waals surface area contributed by atoms with Crippen molar-refractivity contribution in [1.82, 2.24) is 0 Å². The Morgan fingerprint density at radius 2 is 1.92 bits per heavy atom. The van der Waals surface area contributed by atoms with E-state index in [4.69, 9.17) is 0 Å². The zero-order chi connectivity index (χ0) is 16.9. The van der Waals surface area contributed by atoms with E-state index in [1.807, 2.05) is 55.5 Å². The molecule has 3 nitrogen and oxygen atoms in total. The van der Waals surface area contributed by atoms with E-state index in [9.17, 15) is 9.59 Å². The molecule has 4 heteroatoms. The second-order valence-corrected chi connectivity index (χ2v) is 7.58. The highest BCUT2D eigenvalue weighted by molar-refractivity contribution is 9.10. The Balaban J connectivity index is 1.97. The molecule has 1 aliphatic heterocycles. The molecule has 2 aliphatic rings. The van der Waals surface area contributed by atoms with Gasteiger partial charge in [-0.1, -0.05) is 53.2 Å². The maximum atomic E-state index is 13.1. The topological polar surface area (TPSA) is 46.2 Å². The normalized spacial score (nSPS) is 28.2. The zero-order valence-corrected chi connectivity index (χ0v) is 15.0. The first-order valence-corrected chi connectivity index (χ1v) is 9.06. The molecule has 3 atom stereocenters. The summed E-state index contributed by atoms with van der Waals surface area (Å²) in [6, 6.07) is 15.8. The molecule has 0 radical (unpaired) electrons. The smallest absolute Gasteiger partial charge is 0.236 e. The lowest BCUT2D eigenvalue weighted by molar-refractivity contribution is -0.124. The molecule has 1 heterocycles. The van der Waals surface area contributed by atoms with Crippen LogP contribution in [-0.2, 0) is 15.0 Å². The molecule has 1 N–H and O–H groups in total. The molecule has 1 saturated carbocycles. The molecule has 1 spiro atoms. The summed E-state index contributed by atoms with van der Waals surface area (Å²) < 4.78 is 0.927. The second-order valence-electron chi connectivity index (χ2n) is 6.66. The molecule has 1 fully saturated rings. The fourth-order valence-electron chi connectivity index (χ4n) is 4.52. The average molecular weight is 384 g/mol. The van der Waals surface area contributed by atoms with Gasteiger partial charge in [-0.2, -0.15) is 0 Å². The summed E-state index contributed by atoms with van der Waals surface area (Å²) in [4.78, 5) is 25.9. The van der Waals surface area contributed by atoms with Crippen LogP contribution in [0.2, 0.25) is 0 Å². The van der Waals surface area contributed by atoms with Crippen molar-refractivity contribution >= 4 is 33.3 Å². The van der Waals surface area contributed by atoms with E-state index in [-0.39, 0.29) is 29.9 Å². The summed E-state index contributed by atoms with van der Waals surface area (Å²) in [5, 5.41) is 3.01. The Morgan fingerprint density at radius 3 is 2.62 bits per heavy atom. The molecule has 0 saturated heterocycles. The predicted molar refractivity (Wildman–Crippen MR) is 97.0 cm³/mol. The highest BCUT2D eigenvalue weighted by Crippen LogP contribution is 2.58. The third kappa shape index (κ3) is 2.02. The molecule has 2 aromatic carbocycles. The first-order valence-electron chi connectivity index (χ1n) is 8.27. The van der Waals surface area contributed by atoms with E-state index in [1.165, 1.54) is 0 Å². The fraction of sp³-hybridized carbons (Fsp3) is 0.300. The van der Waals surface area contributed by atoms with Gasteiger partial charge in [0.25, 0.3) is 0 Å². The number of Topliss-reactive ketones (excluding diaryl/α,β-unsaturated/α-hetero) is 1. The van der Waals surface area contributed by atoms with E-state index in [2.05, 4.69) is 21.2 Å². The van der Waals surface area contributed by atoms with Crippen LogP contribution >= 0.6 is 15.9 Å². The highest BCUT2D eigenvalue weighted by atomic mass is 79.9. The Labute approximate surface area is 149 Å². The molecule has 24 heavy (non-hydrogen) atoms. The number of nitrogens with one attached hydrogen (secondary N) is 1. The largest absolute Gasteiger partial charge is 0.325 e. The van der Waals surface area contributed by atoms with E-state index >= 15 is 0 Å². The summed E-state index contributed by atoms with van der Waals surface area (Å²) in [7, 11) is 0. The summed E-state index contributed by atoms with van der Waals surface area (Å²) in [6.07, 6.45) is 1.02. The molecule has 1 aliphatic carbocycles. The Morgan fingerprint density at radius 1 is 1.17 bits per heavy atom. The van der Waals surface area contributed by atoms with Crippen molar-refractivity contribution in [3.05, 3.63) is 64.1 Å². The summed E-state index contributed by atoms with van der Waals surface area (Å²) in [6.45, 7) is 2.03. The number of benzene rings is 2. The van der Waals surface area contributed by atoms with Gasteiger partial charge in [0.15, 0.2) is 0 Å². The van der Waals surface area contributed by atoms with Gasteiger partial charge in [0.05, 0.1) is 5.41 Å². The quantitative estimate of drug-likeness (QED) is 0.833. The van der Waals surface area contributed by atoms with Gasteiger partial charge in [0.1, 0.15) is 5.78 Å². The van der Waals surface area contributed by atoms with Crippen molar-refractivity contribution in [2.75, 3.05) is 5.32 Å². The molecule has 0 bridgehead atoms. The number of anilines is 1. The summed E-state index contributed by atoms with van der Waals surface area (Å²) in [5.74, 6) is -0.0992. The number of fused-ring (bicyclic) bond motifs is 2. The number of hydrogen-bond acceptors (Lipinski definition) is 2. The van der Waals surface area contributed by atoms with Crippen molar-refractivity contribution in [3.63, 3.8) is 0 Å². The van der Waals surface area contributed by atoms with Gasteiger partial charge in [-0.25, -0.2) is 0 Å². The standard InChI is InChI=1S/C20H18BrNO2/c1-2-14-17(23)11-20(18(14)12-6-4-3-5-7-12)15-10-13(21)8-9-16(15)22-19(20)24/h3-10,14,18H,2,11H2,1H3,(H,22,24)/t14-,18+,20-/m1/s1. The molecule has 1 amide bonds. The maximum Gasteiger partial charge on any atom is 0.236 e. The molecule has 2 aromatic rings. The first kappa shape index (κ1) is 15.6. The van der Waals surface area contributed by atoms with Crippen molar-refractivity contribution < 1.29 is 9.59 Å². The van der Waals surface area contributed by atoms with Gasteiger partial charge in [0.2, 0.25) is 5.91 Å². The monoisotopic (exact) mass is 383 g/mol. The summed E-state index contributed by atoms with van der Waals surface area (Å²) in [5.41, 5.74) is 2.05. The molecule has 0 aromatic heterocycles. The number of carbonyl (C=O) groups is 2. The lowest BCUT2D eigenvalue weighted by Crippen LogP contribution is -2.38. The minimum atomic E-state index is -0.793. The van der Waals surface area contributed by atoms with Crippen molar-refractivity contribution in [1.29, 1.82) is 0 Å². The van der Waals surface area contributed by atoms with Crippen LogP contribution in [0.25, 0.3) is 0 Å². The van der Waals surface area contributed by atoms with Crippen LogP contribution in [0, 0.1) is 5.92 Å². The minimum Gasteiger partial charge on any atom is -0.325 e. The van der Waals surface area contributed by atoms with E-state index in [0.29, 0.717) is 0 Å². The molecule has 122 valence electrons. The predicted octanol–water partition coefficient (Wildman–Crippen LogP) is 4.42. The number of hydrogen-bond donors (Lipinski definition) is 1. The van der Waals surface area contributed by atoms with Crippen LogP contribution in [0.3, 0.4) is 0 Å². The molecule has 4 rings (SSSR count). The van der Waals surface area contributed by atoms with Gasteiger partial charge in [-0.15, -0.1) is 0 Å². The summed E-state index contributed by atoms with van der Waals surface area (Å²) >= 11 is 3.51. The van der Waals surface area contributed by atoms with Crippen LogP contribution in [0.5, 0.6) is 0 Å². The molecule has 0 unspecified atom stereocenters. The van der Waals surface area contributed by atoms with E-state index in [0.717, 1.165) is 27.7 Å². The fourth-order valence-corrected chi connectivity index (χ4v) is 4.88. The van der Waals surface area contributed by atoms with Crippen molar-refractivity contribution in [3.8, 4) is 0 Å². The minimum absolute atomic E-state index is 0.0475. The third-order valence-electron chi connectivity index (χ3n) is 5.51. The van der Waals surface area contributed by atoms with Crippen LogP contribution in [0.1, 0.15) is 36.8 Å². The Kier molecular flexibility index (Phi) is 3.61. The van der Waals surface area contributed by atoms with Gasteiger partial charge in [0, 0.05) is 28.4 Å². The van der Waals surface area contributed by atoms with Crippen LogP contribution in [0.4, 0.5) is 5.69 Å². The number of ketones is 1. The first-order chi connectivity index (χ1) is 11.6. The SMILES string of the molecule is CC[C@@H]1C(=O)C[C@]2(C(=O)Nc3ccc(Br)cc32)[C@H]1c1ccccc1. The van der Waals surface area contributed by atoms with Gasteiger partial charge in [-0.05, 0) is 35.7 Å². The zero-order valence-electron chi connectivity index (χ0n) is 13.4. The average Bonchev–Trinajstić information content (AvgIpc) is 3.03. The van der Waals surface area contributed by atoms with Gasteiger partial charge < -0.3 is 5.32 Å². The maximum absolute atomic E-state index is 13.1. The van der Waals surface area contributed by atoms with E-state index < -0.39 is 5.41 Å².